The summed E-state index contributed by atoms with van der Waals surface area (Å²) >= 11 is 0. The summed E-state index contributed by atoms with van der Waals surface area (Å²) in [6.07, 6.45) is 8.72. The van der Waals surface area contributed by atoms with Gasteiger partial charge < -0.3 is 10.6 Å². The summed E-state index contributed by atoms with van der Waals surface area (Å²) in [4.78, 5) is 16.6. The molecule has 1 aromatic heterocycles. The first-order valence-corrected chi connectivity index (χ1v) is 8.25. The molecule has 1 aliphatic rings. The van der Waals surface area contributed by atoms with Gasteiger partial charge in [-0.25, -0.2) is 4.98 Å². The fourth-order valence-corrected chi connectivity index (χ4v) is 3.02. The van der Waals surface area contributed by atoms with Gasteiger partial charge in [0.1, 0.15) is 5.82 Å². The quantitative estimate of drug-likeness (QED) is 0.841. The third kappa shape index (κ3) is 4.45. The van der Waals surface area contributed by atoms with Crippen molar-refractivity contribution in [3.8, 4) is 0 Å². The molecule has 116 valence electrons. The van der Waals surface area contributed by atoms with Crippen LogP contribution in [0.15, 0.2) is 18.3 Å². The standard InChI is InChI=1S/C17H27N3O/c1-3-11-18-16-10-9-14(12-19-16)17(21)20-15-8-6-5-7-13(15)4-2/h9-10,12-13,15H,3-8,11H2,1-2H3,(H,18,19)(H,20,21). The van der Waals surface area contributed by atoms with E-state index in [0.29, 0.717) is 17.5 Å². The first-order chi connectivity index (χ1) is 10.2. The van der Waals surface area contributed by atoms with Crippen molar-refractivity contribution in [1.29, 1.82) is 0 Å². The zero-order valence-electron chi connectivity index (χ0n) is 13.2. The number of hydrogen-bond donors (Lipinski definition) is 2. The van der Waals surface area contributed by atoms with Crippen molar-refractivity contribution in [2.45, 2.75) is 58.4 Å². The first-order valence-electron chi connectivity index (χ1n) is 8.25. The van der Waals surface area contributed by atoms with Crippen LogP contribution >= 0.6 is 0 Å². The molecule has 2 rings (SSSR count). The molecule has 2 unspecified atom stereocenters. The maximum Gasteiger partial charge on any atom is 0.253 e. The van der Waals surface area contributed by atoms with Gasteiger partial charge in [0, 0.05) is 18.8 Å². The summed E-state index contributed by atoms with van der Waals surface area (Å²) in [7, 11) is 0. The van der Waals surface area contributed by atoms with E-state index in [1.807, 2.05) is 12.1 Å². The molecule has 0 spiro atoms. The lowest BCUT2D eigenvalue weighted by Gasteiger charge is -2.31. The summed E-state index contributed by atoms with van der Waals surface area (Å²) in [6.45, 7) is 5.23. The summed E-state index contributed by atoms with van der Waals surface area (Å²) in [5, 5.41) is 6.41. The third-order valence-corrected chi connectivity index (χ3v) is 4.33. The Balaban J connectivity index is 1.93. The zero-order chi connectivity index (χ0) is 15.1. The summed E-state index contributed by atoms with van der Waals surface area (Å²) < 4.78 is 0. The van der Waals surface area contributed by atoms with E-state index in [1.165, 1.54) is 19.3 Å². The Bertz CT molecular complexity index is 444. The summed E-state index contributed by atoms with van der Waals surface area (Å²) in [5.74, 6) is 1.47. The van der Waals surface area contributed by atoms with E-state index in [0.717, 1.165) is 31.6 Å². The maximum atomic E-state index is 12.3. The Morgan fingerprint density at radius 1 is 1.29 bits per heavy atom. The Labute approximate surface area is 127 Å². The van der Waals surface area contributed by atoms with Crippen LogP contribution in [0.3, 0.4) is 0 Å². The number of nitrogens with zero attached hydrogens (tertiary/aromatic N) is 1. The molecule has 2 N–H and O–H groups in total. The molecule has 4 heteroatoms. The van der Waals surface area contributed by atoms with Crippen molar-refractivity contribution in [3.63, 3.8) is 0 Å². The van der Waals surface area contributed by atoms with Crippen LogP contribution in [0, 0.1) is 5.92 Å². The van der Waals surface area contributed by atoms with Crippen LogP contribution in [-0.2, 0) is 0 Å². The molecule has 0 aromatic carbocycles. The minimum absolute atomic E-state index is 0.00916. The molecule has 1 aliphatic carbocycles. The monoisotopic (exact) mass is 289 g/mol. The molecule has 4 nitrogen and oxygen atoms in total. The molecule has 0 radical (unpaired) electrons. The van der Waals surface area contributed by atoms with E-state index in [2.05, 4.69) is 29.5 Å². The SMILES string of the molecule is CCCNc1ccc(C(=O)NC2CCCCC2CC)cn1. The van der Waals surface area contributed by atoms with Gasteiger partial charge in [-0.15, -0.1) is 0 Å². The highest BCUT2D eigenvalue weighted by Crippen LogP contribution is 2.27. The second kappa shape index (κ2) is 8.01. The van der Waals surface area contributed by atoms with Crippen LogP contribution in [0.2, 0.25) is 0 Å². The average molecular weight is 289 g/mol. The van der Waals surface area contributed by atoms with E-state index < -0.39 is 0 Å². The minimum Gasteiger partial charge on any atom is -0.370 e. The molecule has 0 aliphatic heterocycles. The van der Waals surface area contributed by atoms with Gasteiger partial charge in [-0.3, -0.25) is 4.79 Å². The van der Waals surface area contributed by atoms with Crippen molar-refractivity contribution in [2.24, 2.45) is 5.92 Å². The van der Waals surface area contributed by atoms with Gasteiger partial charge in [-0.2, -0.15) is 0 Å². The smallest absolute Gasteiger partial charge is 0.253 e. The topological polar surface area (TPSA) is 54.0 Å². The third-order valence-electron chi connectivity index (χ3n) is 4.33. The molecule has 1 heterocycles. The van der Waals surface area contributed by atoms with Gasteiger partial charge in [-0.05, 0) is 37.3 Å². The summed E-state index contributed by atoms with van der Waals surface area (Å²) in [6, 6.07) is 4.06. The van der Waals surface area contributed by atoms with E-state index in [-0.39, 0.29) is 5.91 Å². The van der Waals surface area contributed by atoms with Crippen molar-refractivity contribution < 1.29 is 4.79 Å². The Hall–Kier alpha value is -1.58. The van der Waals surface area contributed by atoms with Gasteiger partial charge in [0.25, 0.3) is 5.91 Å². The average Bonchev–Trinajstić information content (AvgIpc) is 2.54. The number of carbonyl (C=O) groups is 1. The van der Waals surface area contributed by atoms with Gasteiger partial charge in [-0.1, -0.05) is 33.1 Å². The Morgan fingerprint density at radius 2 is 2.10 bits per heavy atom. The van der Waals surface area contributed by atoms with Crippen molar-refractivity contribution in [3.05, 3.63) is 23.9 Å². The van der Waals surface area contributed by atoms with Crippen molar-refractivity contribution in [2.75, 3.05) is 11.9 Å². The number of rotatable bonds is 6. The number of pyridine rings is 1. The number of hydrogen-bond acceptors (Lipinski definition) is 3. The van der Waals surface area contributed by atoms with Crippen molar-refractivity contribution in [1.82, 2.24) is 10.3 Å². The van der Waals surface area contributed by atoms with Crippen molar-refractivity contribution >= 4 is 11.7 Å². The second-order valence-corrected chi connectivity index (χ2v) is 5.89. The molecule has 0 saturated heterocycles. The van der Waals surface area contributed by atoms with E-state index in [4.69, 9.17) is 0 Å². The Kier molecular flexibility index (Phi) is 6.03. The van der Waals surface area contributed by atoms with Crippen LogP contribution in [0.4, 0.5) is 5.82 Å². The van der Waals surface area contributed by atoms with Gasteiger partial charge in [0.05, 0.1) is 5.56 Å². The lowest BCUT2D eigenvalue weighted by molar-refractivity contribution is 0.0904. The van der Waals surface area contributed by atoms with Gasteiger partial charge in [0.2, 0.25) is 0 Å². The van der Waals surface area contributed by atoms with Crippen LogP contribution in [0.1, 0.15) is 62.7 Å². The molecular weight excluding hydrogens is 262 g/mol. The molecular formula is C17H27N3O. The number of amides is 1. The zero-order valence-corrected chi connectivity index (χ0v) is 13.2. The molecule has 1 aromatic rings. The number of nitrogens with one attached hydrogen (secondary N) is 2. The van der Waals surface area contributed by atoms with Gasteiger partial charge >= 0.3 is 0 Å². The van der Waals surface area contributed by atoms with E-state index >= 15 is 0 Å². The van der Waals surface area contributed by atoms with Crippen LogP contribution < -0.4 is 10.6 Å². The predicted molar refractivity (Wildman–Crippen MR) is 86.5 cm³/mol. The predicted octanol–water partition coefficient (Wildman–Crippen LogP) is 3.60. The molecule has 2 atom stereocenters. The summed E-state index contributed by atoms with van der Waals surface area (Å²) in [5.41, 5.74) is 0.650. The fourth-order valence-electron chi connectivity index (χ4n) is 3.02. The molecule has 1 amide bonds. The van der Waals surface area contributed by atoms with Crippen LogP contribution in [-0.4, -0.2) is 23.5 Å². The highest BCUT2D eigenvalue weighted by Gasteiger charge is 2.25. The second-order valence-electron chi connectivity index (χ2n) is 5.89. The number of aromatic nitrogens is 1. The number of anilines is 1. The lowest BCUT2D eigenvalue weighted by Crippen LogP contribution is -2.41. The Morgan fingerprint density at radius 3 is 2.76 bits per heavy atom. The largest absolute Gasteiger partial charge is 0.370 e. The molecule has 0 bridgehead atoms. The maximum absolute atomic E-state index is 12.3. The lowest BCUT2D eigenvalue weighted by atomic mass is 9.83. The van der Waals surface area contributed by atoms with Crippen LogP contribution in [0.25, 0.3) is 0 Å². The minimum atomic E-state index is 0.00916. The molecule has 21 heavy (non-hydrogen) atoms. The number of carbonyl (C=O) groups excluding carboxylic acids is 1. The van der Waals surface area contributed by atoms with Gasteiger partial charge in [0.15, 0.2) is 0 Å². The fraction of sp³-hybridized carbons (Fsp3) is 0.647. The molecule has 1 saturated carbocycles. The van der Waals surface area contributed by atoms with E-state index in [9.17, 15) is 4.79 Å². The highest BCUT2D eigenvalue weighted by atomic mass is 16.1. The van der Waals surface area contributed by atoms with E-state index in [1.54, 1.807) is 6.20 Å². The molecule has 1 fully saturated rings. The first kappa shape index (κ1) is 15.8. The normalized spacial score (nSPS) is 21.8. The van der Waals surface area contributed by atoms with Crippen LogP contribution in [0.5, 0.6) is 0 Å². The highest BCUT2D eigenvalue weighted by molar-refractivity contribution is 5.94.